The Labute approximate surface area is 99.0 Å². The van der Waals surface area contributed by atoms with Crippen molar-refractivity contribution in [2.24, 2.45) is 5.73 Å². The van der Waals surface area contributed by atoms with Gasteiger partial charge < -0.3 is 11.1 Å². The van der Waals surface area contributed by atoms with Gasteiger partial charge in [-0.2, -0.15) is 0 Å². The summed E-state index contributed by atoms with van der Waals surface area (Å²) in [5.74, 6) is -0.763. The van der Waals surface area contributed by atoms with Crippen molar-refractivity contribution in [2.75, 3.05) is 13.1 Å². The number of hydrogen-bond donors (Lipinski definition) is 2. The van der Waals surface area contributed by atoms with Crippen LogP contribution in [0.4, 0.5) is 4.39 Å². The molecule has 1 rings (SSSR count). The summed E-state index contributed by atoms with van der Waals surface area (Å²) in [6, 6.07) is 5.27. The van der Waals surface area contributed by atoms with Crippen molar-refractivity contribution in [1.82, 2.24) is 5.32 Å². The first-order valence-electron chi connectivity index (χ1n) is 5.39. The van der Waals surface area contributed by atoms with Gasteiger partial charge in [0.25, 0.3) is 0 Å². The summed E-state index contributed by atoms with van der Waals surface area (Å²) in [5, 5.41) is 2.57. The number of nitrogens with one attached hydrogen (secondary N) is 1. The van der Waals surface area contributed by atoms with E-state index < -0.39 is 0 Å². The van der Waals surface area contributed by atoms with Crippen molar-refractivity contribution in [2.45, 2.75) is 12.8 Å². The molecular weight excluding hydrogens is 223 g/mol. The van der Waals surface area contributed by atoms with E-state index in [9.17, 15) is 14.0 Å². The second kappa shape index (κ2) is 6.75. The summed E-state index contributed by atoms with van der Waals surface area (Å²) < 4.78 is 12.6. The first-order chi connectivity index (χ1) is 8.13. The fourth-order valence-corrected chi connectivity index (χ4v) is 1.31. The highest BCUT2D eigenvalue weighted by Crippen LogP contribution is 2.07. The summed E-state index contributed by atoms with van der Waals surface area (Å²) in [5.41, 5.74) is 5.64. The van der Waals surface area contributed by atoms with Gasteiger partial charge >= 0.3 is 0 Å². The lowest BCUT2D eigenvalue weighted by Gasteiger charge is -2.03. The maximum absolute atomic E-state index is 12.6. The third-order valence-electron chi connectivity index (χ3n) is 2.21. The van der Waals surface area contributed by atoms with Gasteiger partial charge in [-0.25, -0.2) is 4.39 Å². The Balaban J connectivity index is 2.39. The Bertz CT molecular complexity index is 390. The van der Waals surface area contributed by atoms with Gasteiger partial charge in [-0.15, -0.1) is 0 Å². The Kier molecular flexibility index (Phi) is 5.29. The molecule has 1 aromatic rings. The van der Waals surface area contributed by atoms with E-state index in [1.807, 2.05) is 0 Å². The van der Waals surface area contributed by atoms with Crippen LogP contribution < -0.4 is 11.1 Å². The van der Waals surface area contributed by atoms with Crippen molar-refractivity contribution in [1.29, 1.82) is 0 Å². The second-order valence-corrected chi connectivity index (χ2v) is 3.57. The standard InChI is InChI=1S/C12H15FN2O2/c13-10-3-1-9(2-4-10)11(16)5-6-12(17)15-8-7-14/h1-4H,5-8,14H2,(H,15,17). The van der Waals surface area contributed by atoms with Crippen LogP contribution in [0, 0.1) is 5.82 Å². The molecule has 0 fully saturated rings. The zero-order chi connectivity index (χ0) is 12.7. The molecule has 0 bridgehead atoms. The molecule has 92 valence electrons. The fraction of sp³-hybridized carbons (Fsp3) is 0.333. The molecule has 3 N–H and O–H groups in total. The number of rotatable bonds is 6. The van der Waals surface area contributed by atoms with Crippen molar-refractivity contribution >= 4 is 11.7 Å². The summed E-state index contributed by atoms with van der Waals surface area (Å²) in [4.78, 5) is 22.8. The number of carbonyl (C=O) groups is 2. The van der Waals surface area contributed by atoms with Crippen LogP contribution in [0.2, 0.25) is 0 Å². The van der Waals surface area contributed by atoms with Crippen LogP contribution in [-0.4, -0.2) is 24.8 Å². The molecular formula is C12H15FN2O2. The minimum absolute atomic E-state index is 0.113. The van der Waals surface area contributed by atoms with E-state index in [1.54, 1.807) is 0 Å². The predicted molar refractivity (Wildman–Crippen MR) is 62.0 cm³/mol. The molecule has 0 spiro atoms. The van der Waals surface area contributed by atoms with Gasteiger partial charge in [0, 0.05) is 31.5 Å². The molecule has 17 heavy (non-hydrogen) atoms. The van der Waals surface area contributed by atoms with E-state index in [0.29, 0.717) is 18.7 Å². The maximum atomic E-state index is 12.6. The van der Waals surface area contributed by atoms with Crippen molar-refractivity contribution in [3.8, 4) is 0 Å². The molecule has 0 atom stereocenters. The molecule has 0 aliphatic heterocycles. The highest BCUT2D eigenvalue weighted by molar-refractivity contribution is 5.97. The zero-order valence-corrected chi connectivity index (χ0v) is 9.41. The largest absolute Gasteiger partial charge is 0.355 e. The van der Waals surface area contributed by atoms with Crippen LogP contribution in [0.1, 0.15) is 23.2 Å². The van der Waals surface area contributed by atoms with Gasteiger partial charge in [-0.1, -0.05) is 0 Å². The van der Waals surface area contributed by atoms with Crippen LogP contribution in [0.5, 0.6) is 0 Å². The van der Waals surface area contributed by atoms with Gasteiger partial charge in [0.1, 0.15) is 5.82 Å². The Morgan fingerprint density at radius 3 is 2.41 bits per heavy atom. The Morgan fingerprint density at radius 2 is 1.82 bits per heavy atom. The van der Waals surface area contributed by atoms with E-state index >= 15 is 0 Å². The average Bonchev–Trinajstić information content (AvgIpc) is 2.34. The third kappa shape index (κ3) is 4.74. The van der Waals surface area contributed by atoms with Crippen LogP contribution in [0.15, 0.2) is 24.3 Å². The zero-order valence-electron chi connectivity index (χ0n) is 9.41. The lowest BCUT2D eigenvalue weighted by atomic mass is 10.1. The molecule has 0 saturated carbocycles. The summed E-state index contributed by atoms with van der Waals surface area (Å²) >= 11 is 0. The number of amides is 1. The van der Waals surface area contributed by atoms with E-state index in [2.05, 4.69) is 5.32 Å². The van der Waals surface area contributed by atoms with Gasteiger partial charge in [-0.05, 0) is 24.3 Å². The summed E-state index contributed by atoms with van der Waals surface area (Å²) in [7, 11) is 0. The Hall–Kier alpha value is -1.75. The minimum atomic E-state index is -0.387. The van der Waals surface area contributed by atoms with Crippen LogP contribution in [0.25, 0.3) is 0 Å². The van der Waals surface area contributed by atoms with Crippen molar-refractivity contribution in [3.05, 3.63) is 35.6 Å². The highest BCUT2D eigenvalue weighted by atomic mass is 19.1. The second-order valence-electron chi connectivity index (χ2n) is 3.57. The van der Waals surface area contributed by atoms with Gasteiger partial charge in [-0.3, -0.25) is 9.59 Å². The monoisotopic (exact) mass is 238 g/mol. The van der Waals surface area contributed by atoms with E-state index in [-0.39, 0.29) is 30.3 Å². The molecule has 0 heterocycles. The van der Waals surface area contributed by atoms with Crippen LogP contribution >= 0.6 is 0 Å². The molecule has 5 heteroatoms. The summed E-state index contributed by atoms with van der Waals surface area (Å²) in [6.45, 7) is 0.779. The van der Waals surface area contributed by atoms with Gasteiger partial charge in [0.15, 0.2) is 5.78 Å². The molecule has 1 aromatic carbocycles. The number of Topliss-reactive ketones (excluding diaryl/α,β-unsaturated/α-hetero) is 1. The Morgan fingerprint density at radius 1 is 1.18 bits per heavy atom. The smallest absolute Gasteiger partial charge is 0.220 e. The fourth-order valence-electron chi connectivity index (χ4n) is 1.31. The molecule has 0 radical (unpaired) electrons. The molecule has 0 unspecified atom stereocenters. The quantitative estimate of drug-likeness (QED) is 0.722. The van der Waals surface area contributed by atoms with Crippen molar-refractivity contribution in [3.63, 3.8) is 0 Å². The van der Waals surface area contributed by atoms with E-state index in [4.69, 9.17) is 5.73 Å². The number of nitrogens with two attached hydrogens (primary N) is 1. The summed E-state index contributed by atoms with van der Waals surface area (Å²) in [6.07, 6.45) is 0.234. The van der Waals surface area contributed by atoms with Gasteiger partial charge in [0.2, 0.25) is 5.91 Å². The maximum Gasteiger partial charge on any atom is 0.220 e. The molecule has 0 aliphatic rings. The lowest BCUT2D eigenvalue weighted by molar-refractivity contribution is -0.121. The normalized spacial score (nSPS) is 10.0. The van der Waals surface area contributed by atoms with E-state index in [1.165, 1.54) is 24.3 Å². The first-order valence-corrected chi connectivity index (χ1v) is 5.39. The third-order valence-corrected chi connectivity index (χ3v) is 2.21. The average molecular weight is 238 g/mol. The number of ketones is 1. The first kappa shape index (κ1) is 13.3. The lowest BCUT2D eigenvalue weighted by Crippen LogP contribution is -2.29. The number of benzene rings is 1. The molecule has 0 saturated heterocycles. The predicted octanol–water partition coefficient (Wildman–Crippen LogP) is 0.863. The molecule has 4 nitrogen and oxygen atoms in total. The highest BCUT2D eigenvalue weighted by Gasteiger charge is 2.08. The van der Waals surface area contributed by atoms with Gasteiger partial charge in [0.05, 0.1) is 0 Å². The van der Waals surface area contributed by atoms with Crippen molar-refractivity contribution < 1.29 is 14.0 Å². The van der Waals surface area contributed by atoms with Crippen LogP contribution in [-0.2, 0) is 4.79 Å². The SMILES string of the molecule is NCCNC(=O)CCC(=O)c1ccc(F)cc1. The number of carbonyl (C=O) groups excluding carboxylic acids is 2. The van der Waals surface area contributed by atoms with Crippen LogP contribution in [0.3, 0.4) is 0 Å². The molecule has 1 amide bonds. The topological polar surface area (TPSA) is 72.2 Å². The molecule has 0 aromatic heterocycles. The number of hydrogen-bond acceptors (Lipinski definition) is 3. The minimum Gasteiger partial charge on any atom is -0.355 e. The number of halogens is 1. The van der Waals surface area contributed by atoms with E-state index in [0.717, 1.165) is 0 Å². The molecule has 0 aliphatic carbocycles.